The van der Waals surface area contributed by atoms with Gasteiger partial charge in [-0.1, -0.05) is 12.7 Å². The van der Waals surface area contributed by atoms with Crippen molar-refractivity contribution in [2.24, 2.45) is 0 Å². The predicted molar refractivity (Wildman–Crippen MR) is 68.5 cm³/mol. The predicted octanol–water partition coefficient (Wildman–Crippen LogP) is 2.34. The van der Waals surface area contributed by atoms with Gasteiger partial charge in [-0.3, -0.25) is 0 Å². The van der Waals surface area contributed by atoms with Crippen molar-refractivity contribution in [3.63, 3.8) is 0 Å². The Balaban J connectivity index is 2.29. The molecule has 0 amide bonds. The number of carbonyl (C=O) groups excluding carboxylic acids is 1. The third-order valence-electron chi connectivity index (χ3n) is 2.40. The van der Waals surface area contributed by atoms with Gasteiger partial charge in [0.25, 0.3) is 0 Å². The van der Waals surface area contributed by atoms with Gasteiger partial charge in [0, 0.05) is 24.0 Å². The van der Waals surface area contributed by atoms with Gasteiger partial charge in [-0.25, -0.2) is 9.59 Å². The van der Waals surface area contributed by atoms with E-state index in [2.05, 4.69) is 6.58 Å². The first-order chi connectivity index (χ1) is 9.00. The van der Waals surface area contributed by atoms with Crippen LogP contribution in [0, 0.1) is 0 Å². The number of furan rings is 1. The average Bonchev–Trinajstić information content (AvgIpc) is 2.86. The molecule has 0 unspecified atom stereocenters. The van der Waals surface area contributed by atoms with E-state index in [1.807, 2.05) is 0 Å². The van der Waals surface area contributed by atoms with Crippen molar-refractivity contribution in [2.45, 2.75) is 19.8 Å². The van der Waals surface area contributed by atoms with Gasteiger partial charge in [0.15, 0.2) is 0 Å². The number of aliphatic carboxylic acids is 1. The molecule has 0 spiro atoms. The van der Waals surface area contributed by atoms with E-state index >= 15 is 0 Å². The third kappa shape index (κ3) is 5.25. The van der Waals surface area contributed by atoms with E-state index in [0.717, 1.165) is 0 Å². The molecule has 0 saturated carbocycles. The summed E-state index contributed by atoms with van der Waals surface area (Å²) in [6.45, 7) is 5.24. The normalized spacial score (nSPS) is 11.1. The van der Waals surface area contributed by atoms with Crippen LogP contribution in [0.5, 0.6) is 0 Å². The molecule has 0 aliphatic heterocycles. The summed E-state index contributed by atoms with van der Waals surface area (Å²) < 4.78 is 10.1. The highest BCUT2D eigenvalue weighted by Crippen LogP contribution is 2.08. The lowest BCUT2D eigenvalue weighted by Gasteiger charge is -2.04. The summed E-state index contributed by atoms with van der Waals surface area (Å²) in [5.74, 6) is -0.838. The maximum Gasteiger partial charge on any atom is 0.333 e. The molecule has 19 heavy (non-hydrogen) atoms. The Morgan fingerprint density at radius 3 is 2.84 bits per heavy atom. The first kappa shape index (κ1) is 14.8. The standard InChI is InChI=1S/C14H16O5/c1-10(13(15)16)5-3-8-19-14(17)11(2)9-12-6-4-7-18-12/h4-7H,2-3,8-9H2,1H3,(H,15,16)/b10-5+. The zero-order valence-corrected chi connectivity index (χ0v) is 10.7. The lowest BCUT2D eigenvalue weighted by molar-refractivity contribution is -0.139. The molecule has 1 aromatic heterocycles. The molecule has 0 bridgehead atoms. The Bertz CT molecular complexity index is 482. The topological polar surface area (TPSA) is 76.7 Å². The SMILES string of the molecule is C=C(Cc1ccco1)C(=O)OCC/C=C(\C)C(=O)O. The van der Waals surface area contributed by atoms with Crippen LogP contribution >= 0.6 is 0 Å². The van der Waals surface area contributed by atoms with Crippen LogP contribution in [0.2, 0.25) is 0 Å². The quantitative estimate of drug-likeness (QED) is 0.464. The summed E-state index contributed by atoms with van der Waals surface area (Å²) in [6.07, 6.45) is 3.69. The monoisotopic (exact) mass is 264 g/mol. The highest BCUT2D eigenvalue weighted by Gasteiger charge is 2.10. The number of carboxylic acid groups (broad SMARTS) is 1. The van der Waals surface area contributed by atoms with Crippen LogP contribution in [0.1, 0.15) is 19.1 Å². The molecule has 0 radical (unpaired) electrons. The highest BCUT2D eigenvalue weighted by atomic mass is 16.5. The van der Waals surface area contributed by atoms with Gasteiger partial charge in [0.1, 0.15) is 5.76 Å². The minimum Gasteiger partial charge on any atom is -0.478 e. The number of ether oxygens (including phenoxy) is 1. The maximum absolute atomic E-state index is 11.5. The minimum absolute atomic E-state index is 0.126. The van der Waals surface area contributed by atoms with Crippen LogP contribution in [-0.4, -0.2) is 23.7 Å². The molecule has 0 aliphatic carbocycles. The van der Waals surface area contributed by atoms with Crippen LogP contribution in [0.3, 0.4) is 0 Å². The van der Waals surface area contributed by atoms with Gasteiger partial charge in [0.05, 0.1) is 12.9 Å². The Morgan fingerprint density at radius 2 is 2.26 bits per heavy atom. The second-order valence-electron chi connectivity index (χ2n) is 3.98. The van der Waals surface area contributed by atoms with Crippen LogP contribution in [0.25, 0.3) is 0 Å². The number of carbonyl (C=O) groups is 2. The van der Waals surface area contributed by atoms with E-state index < -0.39 is 11.9 Å². The molecule has 0 aromatic carbocycles. The Hall–Kier alpha value is -2.30. The second kappa shape index (κ2) is 7.20. The molecule has 0 aliphatic rings. The van der Waals surface area contributed by atoms with Gasteiger partial charge < -0.3 is 14.3 Å². The van der Waals surface area contributed by atoms with Crippen LogP contribution in [0.15, 0.2) is 46.6 Å². The van der Waals surface area contributed by atoms with Gasteiger partial charge in [0.2, 0.25) is 0 Å². The molecule has 1 heterocycles. The van der Waals surface area contributed by atoms with Crippen molar-refractivity contribution in [2.75, 3.05) is 6.61 Å². The summed E-state index contributed by atoms with van der Waals surface area (Å²) in [4.78, 5) is 22.1. The van der Waals surface area contributed by atoms with Gasteiger partial charge >= 0.3 is 11.9 Å². The molecule has 5 heteroatoms. The highest BCUT2D eigenvalue weighted by molar-refractivity contribution is 5.88. The molecule has 102 valence electrons. The first-order valence-electron chi connectivity index (χ1n) is 5.78. The smallest absolute Gasteiger partial charge is 0.333 e. The second-order valence-corrected chi connectivity index (χ2v) is 3.98. The van der Waals surface area contributed by atoms with Gasteiger partial charge in [-0.15, -0.1) is 0 Å². The van der Waals surface area contributed by atoms with Crippen LogP contribution in [-0.2, 0) is 20.7 Å². The lowest BCUT2D eigenvalue weighted by atomic mass is 10.2. The summed E-state index contributed by atoms with van der Waals surface area (Å²) in [6, 6.07) is 3.48. The summed E-state index contributed by atoms with van der Waals surface area (Å²) >= 11 is 0. The largest absolute Gasteiger partial charge is 0.478 e. The minimum atomic E-state index is -0.978. The molecule has 5 nitrogen and oxygen atoms in total. The van der Waals surface area contributed by atoms with Crippen LogP contribution in [0.4, 0.5) is 0 Å². The molecule has 0 saturated heterocycles. The van der Waals surface area contributed by atoms with Crippen molar-refractivity contribution in [1.82, 2.24) is 0 Å². The Morgan fingerprint density at radius 1 is 1.53 bits per heavy atom. The van der Waals surface area contributed by atoms with Crippen LogP contribution < -0.4 is 0 Å². The number of carboxylic acids is 1. The molecule has 1 rings (SSSR count). The number of rotatable bonds is 7. The molecule has 1 N–H and O–H groups in total. The number of hydrogen-bond donors (Lipinski definition) is 1. The summed E-state index contributed by atoms with van der Waals surface area (Å²) in [7, 11) is 0. The van der Waals surface area contributed by atoms with Crippen molar-refractivity contribution >= 4 is 11.9 Å². The van der Waals surface area contributed by atoms with E-state index in [1.54, 1.807) is 12.1 Å². The van der Waals surface area contributed by atoms with Gasteiger partial charge in [-0.05, 0) is 19.1 Å². The van der Waals surface area contributed by atoms with E-state index in [1.165, 1.54) is 19.3 Å². The zero-order valence-electron chi connectivity index (χ0n) is 10.7. The molecule has 1 aromatic rings. The summed E-state index contributed by atoms with van der Waals surface area (Å²) in [5.41, 5.74) is 0.527. The fourth-order valence-electron chi connectivity index (χ4n) is 1.31. The summed E-state index contributed by atoms with van der Waals surface area (Å²) in [5, 5.41) is 8.62. The molecular weight excluding hydrogens is 248 g/mol. The lowest BCUT2D eigenvalue weighted by Crippen LogP contribution is -2.09. The van der Waals surface area contributed by atoms with E-state index in [-0.39, 0.29) is 12.2 Å². The zero-order chi connectivity index (χ0) is 14.3. The number of esters is 1. The molecule has 0 atom stereocenters. The van der Waals surface area contributed by atoms with E-state index in [0.29, 0.717) is 24.2 Å². The van der Waals surface area contributed by atoms with Gasteiger partial charge in [-0.2, -0.15) is 0 Å². The van der Waals surface area contributed by atoms with Crippen molar-refractivity contribution in [3.8, 4) is 0 Å². The fraction of sp³-hybridized carbons (Fsp3) is 0.286. The maximum atomic E-state index is 11.5. The van der Waals surface area contributed by atoms with Crippen molar-refractivity contribution in [1.29, 1.82) is 0 Å². The Kier molecular flexibility index (Phi) is 5.60. The average molecular weight is 264 g/mol. The molecule has 0 fully saturated rings. The van der Waals surface area contributed by atoms with E-state index in [4.69, 9.17) is 14.3 Å². The number of hydrogen-bond acceptors (Lipinski definition) is 4. The first-order valence-corrected chi connectivity index (χ1v) is 5.78. The van der Waals surface area contributed by atoms with E-state index in [9.17, 15) is 9.59 Å². The fourth-order valence-corrected chi connectivity index (χ4v) is 1.31. The third-order valence-corrected chi connectivity index (χ3v) is 2.40. The molecular formula is C14H16O5. The Labute approximate surface area is 111 Å². The van der Waals surface area contributed by atoms with Crippen molar-refractivity contribution in [3.05, 3.63) is 48.0 Å². The van der Waals surface area contributed by atoms with Crippen molar-refractivity contribution < 1.29 is 23.8 Å².